The summed E-state index contributed by atoms with van der Waals surface area (Å²) in [6.45, 7) is 5.44. The Morgan fingerprint density at radius 2 is 1.81 bits per heavy atom. The highest BCUT2D eigenvalue weighted by atomic mass is 16.7. The standard InChI is InChI=1S/C24H27N3O5/c1-4-16-5-8-18(9-6-16)15(2)25-21(28)13-27-22(29)24(3,26-23(27)30)12-17-7-10-19-20(11-17)32-14-31-19/h5-11,15H,4,12-14H2,1-3H3,(H,25,28)(H,26,30). The Bertz CT molecular complexity index is 1050. The summed E-state index contributed by atoms with van der Waals surface area (Å²) in [5.74, 6) is 0.431. The van der Waals surface area contributed by atoms with Crippen LogP contribution in [0.2, 0.25) is 0 Å². The Morgan fingerprint density at radius 3 is 2.53 bits per heavy atom. The summed E-state index contributed by atoms with van der Waals surface area (Å²) in [6.07, 6.45) is 1.21. The van der Waals surface area contributed by atoms with Crippen molar-refractivity contribution < 1.29 is 23.9 Å². The summed E-state index contributed by atoms with van der Waals surface area (Å²) in [7, 11) is 0. The maximum Gasteiger partial charge on any atom is 0.325 e. The molecule has 2 N–H and O–H groups in total. The number of benzene rings is 2. The second-order valence-electron chi connectivity index (χ2n) is 8.40. The number of amides is 4. The quantitative estimate of drug-likeness (QED) is 0.650. The lowest BCUT2D eigenvalue weighted by Gasteiger charge is -2.22. The lowest BCUT2D eigenvalue weighted by molar-refractivity contribution is -0.134. The average Bonchev–Trinajstić information content (AvgIpc) is 3.31. The highest BCUT2D eigenvalue weighted by molar-refractivity contribution is 6.09. The number of carbonyl (C=O) groups excluding carboxylic acids is 3. The molecule has 2 heterocycles. The predicted molar refractivity (Wildman–Crippen MR) is 117 cm³/mol. The first kappa shape index (κ1) is 21.7. The molecule has 0 radical (unpaired) electrons. The Morgan fingerprint density at radius 1 is 1.12 bits per heavy atom. The minimum absolute atomic E-state index is 0.162. The molecule has 2 aromatic carbocycles. The van der Waals surface area contributed by atoms with Crippen molar-refractivity contribution >= 4 is 17.8 Å². The molecule has 4 amide bonds. The number of carbonyl (C=O) groups is 3. The first-order valence-electron chi connectivity index (χ1n) is 10.7. The van der Waals surface area contributed by atoms with E-state index in [0.717, 1.165) is 22.4 Å². The molecule has 1 saturated heterocycles. The van der Waals surface area contributed by atoms with E-state index in [1.165, 1.54) is 5.56 Å². The first-order valence-corrected chi connectivity index (χ1v) is 10.7. The molecule has 0 aliphatic carbocycles. The number of fused-ring (bicyclic) bond motifs is 1. The minimum Gasteiger partial charge on any atom is -0.454 e. The second kappa shape index (κ2) is 8.53. The molecule has 0 saturated carbocycles. The molecule has 32 heavy (non-hydrogen) atoms. The molecular weight excluding hydrogens is 410 g/mol. The van der Waals surface area contributed by atoms with Gasteiger partial charge in [-0.1, -0.05) is 37.3 Å². The second-order valence-corrected chi connectivity index (χ2v) is 8.40. The molecule has 2 aliphatic heterocycles. The molecule has 8 nitrogen and oxygen atoms in total. The number of imide groups is 1. The van der Waals surface area contributed by atoms with Crippen molar-refractivity contribution in [3.05, 3.63) is 59.2 Å². The van der Waals surface area contributed by atoms with Gasteiger partial charge < -0.3 is 20.1 Å². The Hall–Kier alpha value is -3.55. The van der Waals surface area contributed by atoms with E-state index in [9.17, 15) is 14.4 Å². The Balaban J connectivity index is 1.39. The van der Waals surface area contributed by atoms with E-state index in [0.29, 0.717) is 11.5 Å². The molecule has 2 aliphatic rings. The highest BCUT2D eigenvalue weighted by Crippen LogP contribution is 2.34. The summed E-state index contributed by atoms with van der Waals surface area (Å²) >= 11 is 0. The largest absolute Gasteiger partial charge is 0.454 e. The van der Waals surface area contributed by atoms with Crippen molar-refractivity contribution in [2.45, 2.75) is 45.2 Å². The molecule has 0 aromatic heterocycles. The van der Waals surface area contributed by atoms with Crippen LogP contribution in [0, 0.1) is 0 Å². The van der Waals surface area contributed by atoms with Crippen molar-refractivity contribution in [1.82, 2.24) is 15.5 Å². The molecule has 1 fully saturated rings. The van der Waals surface area contributed by atoms with Crippen LogP contribution in [0.3, 0.4) is 0 Å². The fourth-order valence-corrected chi connectivity index (χ4v) is 4.03. The van der Waals surface area contributed by atoms with Crippen molar-refractivity contribution in [3.8, 4) is 11.5 Å². The van der Waals surface area contributed by atoms with E-state index in [1.54, 1.807) is 19.1 Å². The first-order chi connectivity index (χ1) is 15.3. The number of nitrogens with zero attached hydrogens (tertiary/aromatic N) is 1. The van der Waals surface area contributed by atoms with Gasteiger partial charge in [-0.15, -0.1) is 0 Å². The maximum absolute atomic E-state index is 13.0. The van der Waals surface area contributed by atoms with Crippen LogP contribution in [0.4, 0.5) is 4.79 Å². The van der Waals surface area contributed by atoms with Crippen LogP contribution in [-0.4, -0.2) is 41.6 Å². The molecule has 168 valence electrons. The van der Waals surface area contributed by atoms with E-state index >= 15 is 0 Å². The van der Waals surface area contributed by atoms with Gasteiger partial charge in [-0.05, 0) is 49.1 Å². The molecule has 8 heteroatoms. The van der Waals surface area contributed by atoms with E-state index < -0.39 is 23.4 Å². The highest BCUT2D eigenvalue weighted by Gasteiger charge is 2.48. The van der Waals surface area contributed by atoms with Crippen molar-refractivity contribution in [3.63, 3.8) is 0 Å². The minimum atomic E-state index is -1.15. The molecule has 0 bridgehead atoms. The smallest absolute Gasteiger partial charge is 0.325 e. The van der Waals surface area contributed by atoms with Crippen molar-refractivity contribution in [1.29, 1.82) is 0 Å². The summed E-state index contributed by atoms with van der Waals surface area (Å²) in [5.41, 5.74) is 1.85. The lowest BCUT2D eigenvalue weighted by atomic mass is 9.92. The fourth-order valence-electron chi connectivity index (χ4n) is 4.03. The average molecular weight is 437 g/mol. The van der Waals surface area contributed by atoms with Gasteiger partial charge in [0.2, 0.25) is 12.7 Å². The van der Waals surface area contributed by atoms with Crippen LogP contribution >= 0.6 is 0 Å². The lowest BCUT2D eigenvalue weighted by Crippen LogP contribution is -2.47. The van der Waals surface area contributed by atoms with E-state index in [-0.39, 0.29) is 25.8 Å². The van der Waals surface area contributed by atoms with Crippen LogP contribution in [-0.2, 0) is 22.4 Å². The number of rotatable bonds is 7. The molecule has 4 rings (SSSR count). The van der Waals surface area contributed by atoms with Crippen LogP contribution in [0.5, 0.6) is 11.5 Å². The van der Waals surface area contributed by atoms with Crippen LogP contribution in [0.1, 0.15) is 43.5 Å². The number of urea groups is 1. The molecule has 0 spiro atoms. The third-order valence-electron chi connectivity index (χ3n) is 5.91. The van der Waals surface area contributed by atoms with Crippen LogP contribution in [0.25, 0.3) is 0 Å². The SMILES string of the molecule is CCc1ccc(C(C)NC(=O)CN2C(=O)NC(C)(Cc3ccc4c(c3)OCO4)C2=O)cc1. The number of nitrogens with one attached hydrogen (secondary N) is 2. The summed E-state index contributed by atoms with van der Waals surface area (Å²) in [4.78, 5) is 39.1. The Kier molecular flexibility index (Phi) is 5.78. The third-order valence-corrected chi connectivity index (χ3v) is 5.91. The third kappa shape index (κ3) is 4.26. The fraction of sp³-hybridized carbons (Fsp3) is 0.375. The zero-order chi connectivity index (χ0) is 22.9. The molecule has 2 unspecified atom stereocenters. The van der Waals surface area contributed by atoms with Gasteiger partial charge >= 0.3 is 6.03 Å². The van der Waals surface area contributed by atoms with Gasteiger partial charge in [0.25, 0.3) is 5.91 Å². The number of hydrogen-bond acceptors (Lipinski definition) is 5. The summed E-state index contributed by atoms with van der Waals surface area (Å²) in [6, 6.07) is 12.6. The topological polar surface area (TPSA) is 97.0 Å². The monoisotopic (exact) mass is 437 g/mol. The van der Waals surface area contributed by atoms with E-state index in [1.807, 2.05) is 37.3 Å². The summed E-state index contributed by atoms with van der Waals surface area (Å²) < 4.78 is 10.7. The van der Waals surface area contributed by atoms with Crippen LogP contribution in [0.15, 0.2) is 42.5 Å². The summed E-state index contributed by atoms with van der Waals surface area (Å²) in [5, 5.41) is 5.60. The Labute approximate surface area is 186 Å². The van der Waals surface area contributed by atoms with Gasteiger partial charge in [0.15, 0.2) is 11.5 Å². The van der Waals surface area contributed by atoms with E-state index in [4.69, 9.17) is 9.47 Å². The van der Waals surface area contributed by atoms with Gasteiger partial charge in [0, 0.05) is 6.42 Å². The van der Waals surface area contributed by atoms with Gasteiger partial charge in [-0.3, -0.25) is 14.5 Å². The van der Waals surface area contributed by atoms with Gasteiger partial charge in [-0.25, -0.2) is 4.79 Å². The molecular formula is C24H27N3O5. The number of aryl methyl sites for hydroxylation is 1. The predicted octanol–water partition coefficient (Wildman–Crippen LogP) is 2.71. The van der Waals surface area contributed by atoms with E-state index in [2.05, 4.69) is 17.6 Å². The van der Waals surface area contributed by atoms with Gasteiger partial charge in [-0.2, -0.15) is 0 Å². The number of hydrogen-bond donors (Lipinski definition) is 2. The van der Waals surface area contributed by atoms with Gasteiger partial charge in [0.05, 0.1) is 6.04 Å². The molecule has 2 atom stereocenters. The zero-order valence-corrected chi connectivity index (χ0v) is 18.4. The number of ether oxygens (including phenoxy) is 2. The van der Waals surface area contributed by atoms with Crippen molar-refractivity contribution in [2.24, 2.45) is 0 Å². The zero-order valence-electron chi connectivity index (χ0n) is 18.4. The van der Waals surface area contributed by atoms with Crippen molar-refractivity contribution in [2.75, 3.05) is 13.3 Å². The van der Waals surface area contributed by atoms with Crippen LogP contribution < -0.4 is 20.1 Å². The van der Waals surface area contributed by atoms with Gasteiger partial charge in [0.1, 0.15) is 12.1 Å². The maximum atomic E-state index is 13.0. The molecule has 2 aromatic rings. The normalized spacial score (nSPS) is 20.3.